The topological polar surface area (TPSA) is 46.6 Å². The molecule has 1 aromatic carbocycles. The van der Waals surface area contributed by atoms with Crippen LogP contribution in [0.4, 0.5) is 4.39 Å². The number of ether oxygens (including phenoxy) is 1. The molecule has 0 N–H and O–H groups in total. The van der Waals surface area contributed by atoms with E-state index in [0.717, 1.165) is 12.0 Å². The lowest BCUT2D eigenvalue weighted by atomic mass is 10.1. The highest BCUT2D eigenvalue weighted by atomic mass is 19.1. The molecule has 0 saturated carbocycles. The standard InChI is InChI=1S/C15H18FNO3/c1-2-20-15(19)13-4-3-9-17(13)14(18)10-11-5-7-12(16)8-6-11/h5-8,13H,2-4,9-10H2,1H3. The number of hydrogen-bond donors (Lipinski definition) is 0. The van der Waals surface area contributed by atoms with Crippen molar-refractivity contribution in [2.24, 2.45) is 0 Å². The first-order valence-corrected chi connectivity index (χ1v) is 6.82. The Morgan fingerprint density at radius 3 is 2.70 bits per heavy atom. The van der Waals surface area contributed by atoms with Gasteiger partial charge in [-0.3, -0.25) is 4.79 Å². The Morgan fingerprint density at radius 2 is 2.05 bits per heavy atom. The van der Waals surface area contributed by atoms with Crippen molar-refractivity contribution in [1.29, 1.82) is 0 Å². The number of amides is 1. The summed E-state index contributed by atoms with van der Waals surface area (Å²) >= 11 is 0. The second-order valence-electron chi connectivity index (χ2n) is 4.80. The van der Waals surface area contributed by atoms with Crippen molar-refractivity contribution >= 4 is 11.9 Å². The molecule has 2 rings (SSSR count). The van der Waals surface area contributed by atoms with Gasteiger partial charge in [-0.2, -0.15) is 0 Å². The SMILES string of the molecule is CCOC(=O)C1CCCN1C(=O)Cc1ccc(F)cc1. The summed E-state index contributed by atoms with van der Waals surface area (Å²) < 4.78 is 17.8. The molecule has 1 aliphatic rings. The predicted octanol–water partition coefficient (Wildman–Crippen LogP) is 1.92. The van der Waals surface area contributed by atoms with E-state index in [9.17, 15) is 14.0 Å². The lowest BCUT2D eigenvalue weighted by molar-refractivity contribution is -0.152. The Morgan fingerprint density at radius 1 is 1.35 bits per heavy atom. The highest BCUT2D eigenvalue weighted by molar-refractivity contribution is 5.86. The summed E-state index contributed by atoms with van der Waals surface area (Å²) in [6.07, 6.45) is 1.63. The van der Waals surface area contributed by atoms with Gasteiger partial charge in [0, 0.05) is 6.54 Å². The molecule has 4 nitrogen and oxygen atoms in total. The number of carbonyl (C=O) groups is 2. The van der Waals surface area contributed by atoms with E-state index in [1.54, 1.807) is 24.0 Å². The van der Waals surface area contributed by atoms with E-state index in [1.165, 1.54) is 12.1 Å². The van der Waals surface area contributed by atoms with Gasteiger partial charge in [0.2, 0.25) is 5.91 Å². The molecule has 0 spiro atoms. The Bertz CT molecular complexity index is 486. The quantitative estimate of drug-likeness (QED) is 0.791. The first kappa shape index (κ1) is 14.5. The van der Waals surface area contributed by atoms with Gasteiger partial charge in [0.25, 0.3) is 0 Å². The van der Waals surface area contributed by atoms with E-state index >= 15 is 0 Å². The van der Waals surface area contributed by atoms with Crippen LogP contribution in [0.1, 0.15) is 25.3 Å². The fraction of sp³-hybridized carbons (Fsp3) is 0.467. The molecule has 5 heteroatoms. The Kier molecular flexibility index (Phi) is 4.71. The maximum Gasteiger partial charge on any atom is 0.328 e. The van der Waals surface area contributed by atoms with Gasteiger partial charge in [0.15, 0.2) is 0 Å². The summed E-state index contributed by atoms with van der Waals surface area (Å²) in [5, 5.41) is 0. The Labute approximate surface area is 117 Å². The van der Waals surface area contributed by atoms with Gasteiger partial charge in [-0.15, -0.1) is 0 Å². The average molecular weight is 279 g/mol. The zero-order valence-corrected chi connectivity index (χ0v) is 11.5. The molecule has 0 radical (unpaired) electrons. The van der Waals surface area contributed by atoms with E-state index < -0.39 is 6.04 Å². The fourth-order valence-corrected chi connectivity index (χ4v) is 2.43. The zero-order chi connectivity index (χ0) is 14.5. The van der Waals surface area contributed by atoms with E-state index in [2.05, 4.69) is 0 Å². The highest BCUT2D eigenvalue weighted by Gasteiger charge is 2.34. The van der Waals surface area contributed by atoms with Crippen LogP contribution in [0.15, 0.2) is 24.3 Å². The van der Waals surface area contributed by atoms with Crippen molar-refractivity contribution in [3.8, 4) is 0 Å². The predicted molar refractivity (Wildman–Crippen MR) is 71.5 cm³/mol. The first-order valence-electron chi connectivity index (χ1n) is 6.82. The van der Waals surface area contributed by atoms with Crippen LogP contribution in [0.25, 0.3) is 0 Å². The molecular weight excluding hydrogens is 261 g/mol. The van der Waals surface area contributed by atoms with Crippen LogP contribution in [0.3, 0.4) is 0 Å². The molecule has 0 bridgehead atoms. The number of benzene rings is 1. The van der Waals surface area contributed by atoms with E-state index in [4.69, 9.17) is 4.74 Å². The van der Waals surface area contributed by atoms with Crippen LogP contribution in [-0.2, 0) is 20.7 Å². The number of likely N-dealkylation sites (tertiary alicyclic amines) is 1. The van der Waals surface area contributed by atoms with Crippen molar-refractivity contribution in [2.75, 3.05) is 13.2 Å². The molecule has 20 heavy (non-hydrogen) atoms. The summed E-state index contributed by atoms with van der Waals surface area (Å²) in [4.78, 5) is 25.6. The van der Waals surface area contributed by atoms with E-state index in [0.29, 0.717) is 19.6 Å². The normalized spacial score (nSPS) is 18.1. The fourth-order valence-electron chi connectivity index (χ4n) is 2.43. The van der Waals surface area contributed by atoms with Gasteiger partial charge >= 0.3 is 5.97 Å². The van der Waals surface area contributed by atoms with Gasteiger partial charge in [-0.25, -0.2) is 9.18 Å². The van der Waals surface area contributed by atoms with Gasteiger partial charge < -0.3 is 9.64 Å². The third-order valence-electron chi connectivity index (χ3n) is 3.40. The van der Waals surface area contributed by atoms with Gasteiger partial charge in [-0.1, -0.05) is 12.1 Å². The van der Waals surface area contributed by atoms with Gasteiger partial charge in [-0.05, 0) is 37.5 Å². The van der Waals surface area contributed by atoms with Gasteiger partial charge in [0.05, 0.1) is 13.0 Å². The summed E-state index contributed by atoms with van der Waals surface area (Å²) in [7, 11) is 0. The number of halogens is 1. The minimum absolute atomic E-state index is 0.118. The first-order chi connectivity index (χ1) is 9.61. The molecule has 1 heterocycles. The van der Waals surface area contributed by atoms with Crippen molar-refractivity contribution in [3.63, 3.8) is 0 Å². The summed E-state index contributed by atoms with van der Waals surface area (Å²) in [5.74, 6) is -0.781. The highest BCUT2D eigenvalue weighted by Crippen LogP contribution is 2.20. The van der Waals surface area contributed by atoms with Crippen LogP contribution in [0.5, 0.6) is 0 Å². The molecule has 1 amide bonds. The van der Waals surface area contributed by atoms with Crippen molar-refractivity contribution in [1.82, 2.24) is 4.90 Å². The molecule has 0 aliphatic carbocycles. The van der Waals surface area contributed by atoms with Crippen molar-refractivity contribution < 1.29 is 18.7 Å². The largest absolute Gasteiger partial charge is 0.464 e. The Balaban J connectivity index is 2.00. The molecule has 0 aromatic heterocycles. The lowest BCUT2D eigenvalue weighted by Crippen LogP contribution is -2.42. The molecule has 108 valence electrons. The molecule has 1 atom stereocenters. The zero-order valence-electron chi connectivity index (χ0n) is 11.5. The molecule has 1 unspecified atom stereocenters. The maximum absolute atomic E-state index is 12.8. The van der Waals surface area contributed by atoms with E-state index in [1.807, 2.05) is 0 Å². The average Bonchev–Trinajstić information content (AvgIpc) is 2.91. The lowest BCUT2D eigenvalue weighted by Gasteiger charge is -2.23. The van der Waals surface area contributed by atoms with Crippen LogP contribution in [-0.4, -0.2) is 36.0 Å². The summed E-state index contributed by atoms with van der Waals surface area (Å²) in [6, 6.07) is 5.36. The van der Waals surface area contributed by atoms with Gasteiger partial charge in [0.1, 0.15) is 11.9 Å². The molecule has 1 aliphatic heterocycles. The molecule has 1 aromatic rings. The number of rotatable bonds is 4. The minimum atomic E-state index is -0.470. The number of esters is 1. The summed E-state index contributed by atoms with van der Waals surface area (Å²) in [5.41, 5.74) is 0.742. The monoisotopic (exact) mass is 279 g/mol. The summed E-state index contributed by atoms with van der Waals surface area (Å²) in [6.45, 7) is 2.64. The maximum atomic E-state index is 12.8. The van der Waals surface area contributed by atoms with Crippen LogP contribution in [0.2, 0.25) is 0 Å². The number of hydrogen-bond acceptors (Lipinski definition) is 3. The molecule has 1 fully saturated rings. The van der Waals surface area contributed by atoms with Crippen LogP contribution < -0.4 is 0 Å². The molecule has 1 saturated heterocycles. The van der Waals surface area contributed by atoms with E-state index in [-0.39, 0.29) is 24.1 Å². The number of carbonyl (C=O) groups excluding carboxylic acids is 2. The van der Waals surface area contributed by atoms with Crippen LogP contribution >= 0.6 is 0 Å². The van der Waals surface area contributed by atoms with Crippen molar-refractivity contribution in [2.45, 2.75) is 32.2 Å². The molecular formula is C15H18FNO3. The Hall–Kier alpha value is -1.91. The third kappa shape index (κ3) is 3.35. The second-order valence-corrected chi connectivity index (χ2v) is 4.80. The third-order valence-corrected chi connectivity index (χ3v) is 3.40. The van der Waals surface area contributed by atoms with Crippen molar-refractivity contribution in [3.05, 3.63) is 35.6 Å². The minimum Gasteiger partial charge on any atom is -0.464 e. The second kappa shape index (κ2) is 6.50. The smallest absolute Gasteiger partial charge is 0.328 e. The number of nitrogens with zero attached hydrogens (tertiary/aromatic N) is 1. The van der Waals surface area contributed by atoms with Crippen LogP contribution in [0, 0.1) is 5.82 Å².